The van der Waals surface area contributed by atoms with Crippen LogP contribution >= 0.6 is 11.3 Å². The molecular weight excluding hydrogens is 326 g/mol. The molecule has 0 radical (unpaired) electrons. The van der Waals surface area contributed by atoms with E-state index in [4.69, 9.17) is 5.11 Å². The van der Waals surface area contributed by atoms with Crippen molar-refractivity contribution >= 4 is 27.3 Å². The lowest BCUT2D eigenvalue weighted by atomic mass is 10.0. The zero-order valence-electron chi connectivity index (χ0n) is 12.0. The number of aromatic nitrogens is 2. The lowest BCUT2D eigenvalue weighted by Crippen LogP contribution is -2.42. The number of carboxylic acid groups (broad SMARTS) is 1. The van der Waals surface area contributed by atoms with Crippen molar-refractivity contribution in [2.75, 3.05) is 0 Å². The van der Waals surface area contributed by atoms with Crippen molar-refractivity contribution in [3.63, 3.8) is 0 Å². The molecule has 0 aliphatic heterocycles. The molecule has 2 N–H and O–H groups in total. The monoisotopic (exact) mass is 341 g/mol. The fourth-order valence-corrected chi connectivity index (χ4v) is 4.13. The van der Waals surface area contributed by atoms with E-state index >= 15 is 0 Å². The van der Waals surface area contributed by atoms with E-state index in [1.807, 2.05) is 6.92 Å². The van der Waals surface area contributed by atoms with Crippen LogP contribution in [0.3, 0.4) is 0 Å². The summed E-state index contributed by atoms with van der Waals surface area (Å²) in [6.45, 7) is 3.58. The third kappa shape index (κ3) is 3.32. The molecule has 22 heavy (non-hydrogen) atoms. The van der Waals surface area contributed by atoms with Crippen molar-refractivity contribution in [3.8, 4) is 0 Å². The first-order chi connectivity index (χ1) is 10.3. The van der Waals surface area contributed by atoms with Crippen molar-refractivity contribution in [1.29, 1.82) is 0 Å². The highest BCUT2D eigenvalue weighted by Crippen LogP contribution is 2.28. The molecule has 2 heterocycles. The minimum Gasteiger partial charge on any atom is -0.478 e. The number of sulfonamides is 1. The fraction of sp³-hybridized carbons (Fsp3) is 0.308. The predicted octanol–water partition coefficient (Wildman–Crippen LogP) is 1.84. The molecule has 0 aliphatic rings. The highest BCUT2D eigenvalue weighted by Gasteiger charge is 2.33. The Morgan fingerprint density at radius 2 is 2.18 bits per heavy atom. The average molecular weight is 341 g/mol. The van der Waals surface area contributed by atoms with Crippen LogP contribution in [0, 0.1) is 0 Å². The Kier molecular flexibility index (Phi) is 4.59. The number of nitrogens with one attached hydrogen (secondary N) is 1. The van der Waals surface area contributed by atoms with Crippen LogP contribution in [0.25, 0.3) is 0 Å². The van der Waals surface area contributed by atoms with Gasteiger partial charge in [-0.25, -0.2) is 18.2 Å². The van der Waals surface area contributed by atoms with Crippen LogP contribution < -0.4 is 4.72 Å². The second-order valence-corrected chi connectivity index (χ2v) is 7.42. The van der Waals surface area contributed by atoms with Crippen molar-refractivity contribution in [2.45, 2.75) is 30.7 Å². The number of carboxylic acids is 1. The molecule has 0 aromatic carbocycles. The third-order valence-corrected chi connectivity index (χ3v) is 5.84. The van der Waals surface area contributed by atoms with Crippen LogP contribution in [-0.4, -0.2) is 29.5 Å². The highest BCUT2D eigenvalue weighted by atomic mass is 32.2. The van der Waals surface area contributed by atoms with Gasteiger partial charge in [-0.15, -0.1) is 11.3 Å². The first-order valence-corrected chi connectivity index (χ1v) is 8.77. The molecule has 0 saturated heterocycles. The molecule has 1 unspecified atom stereocenters. The lowest BCUT2D eigenvalue weighted by molar-refractivity contribution is 0.0696. The summed E-state index contributed by atoms with van der Waals surface area (Å²) in [6, 6.07) is 1.08. The minimum absolute atomic E-state index is 0.185. The maximum Gasteiger partial charge on any atom is 0.337 e. The molecule has 2 aromatic rings. The maximum absolute atomic E-state index is 12.5. The normalized spacial score (nSPS) is 14.5. The summed E-state index contributed by atoms with van der Waals surface area (Å²) in [5.74, 6) is -1.23. The van der Waals surface area contributed by atoms with Gasteiger partial charge in [-0.05, 0) is 19.4 Å². The van der Waals surface area contributed by atoms with E-state index < -0.39 is 21.5 Å². The summed E-state index contributed by atoms with van der Waals surface area (Å²) in [7, 11) is -3.92. The Morgan fingerprint density at radius 1 is 1.45 bits per heavy atom. The van der Waals surface area contributed by atoms with Gasteiger partial charge in [0.05, 0.1) is 11.1 Å². The Labute approximate surface area is 132 Å². The average Bonchev–Trinajstić information content (AvgIpc) is 3.01. The van der Waals surface area contributed by atoms with E-state index in [1.54, 1.807) is 18.5 Å². The highest BCUT2D eigenvalue weighted by molar-refractivity contribution is 7.89. The van der Waals surface area contributed by atoms with Gasteiger partial charge in [0.25, 0.3) is 0 Å². The molecule has 0 spiro atoms. The molecule has 7 nitrogen and oxygen atoms in total. The van der Waals surface area contributed by atoms with E-state index in [0.717, 1.165) is 18.5 Å². The topological polar surface area (TPSA) is 109 Å². The van der Waals surface area contributed by atoms with E-state index in [1.165, 1.54) is 11.3 Å². The van der Waals surface area contributed by atoms with Crippen LogP contribution in [0.2, 0.25) is 0 Å². The Morgan fingerprint density at radius 3 is 2.73 bits per heavy atom. The Bertz CT molecular complexity index is 774. The second kappa shape index (κ2) is 6.11. The number of hydrogen-bond donors (Lipinski definition) is 2. The van der Waals surface area contributed by atoms with Crippen LogP contribution in [-0.2, 0) is 15.6 Å². The number of aromatic carboxylic acids is 1. The number of pyridine rings is 1. The van der Waals surface area contributed by atoms with Crippen LogP contribution in [0.5, 0.6) is 0 Å². The van der Waals surface area contributed by atoms with Crippen molar-refractivity contribution in [1.82, 2.24) is 14.7 Å². The molecule has 9 heteroatoms. The number of nitrogens with zero attached hydrogens (tertiary/aromatic N) is 2. The first-order valence-electron chi connectivity index (χ1n) is 6.41. The summed E-state index contributed by atoms with van der Waals surface area (Å²) in [5.41, 5.74) is -1.05. The van der Waals surface area contributed by atoms with Gasteiger partial charge in [0, 0.05) is 24.0 Å². The molecule has 0 amide bonds. The molecule has 2 rings (SSSR count). The summed E-state index contributed by atoms with van der Waals surface area (Å²) in [5, 5.41) is 11.3. The van der Waals surface area contributed by atoms with Gasteiger partial charge in [0.2, 0.25) is 10.0 Å². The van der Waals surface area contributed by atoms with E-state index in [-0.39, 0.29) is 10.5 Å². The number of rotatable bonds is 6. The van der Waals surface area contributed by atoms with Crippen molar-refractivity contribution < 1.29 is 18.3 Å². The van der Waals surface area contributed by atoms with Gasteiger partial charge < -0.3 is 5.11 Å². The van der Waals surface area contributed by atoms with Gasteiger partial charge in [0.15, 0.2) is 0 Å². The zero-order chi connectivity index (χ0) is 16.4. The standard InChI is InChI=1S/C13H15N3O4S2/c1-3-13(2,12-15-4-5-21-12)16-22(19,20)10-6-9(11(17)18)7-14-8-10/h4-8,16H,3H2,1-2H3,(H,17,18). The molecule has 0 bridgehead atoms. The van der Waals surface area contributed by atoms with Crippen molar-refractivity contribution in [2.24, 2.45) is 0 Å². The summed E-state index contributed by atoms with van der Waals surface area (Å²) < 4.78 is 27.6. The quantitative estimate of drug-likeness (QED) is 0.830. The molecule has 0 fully saturated rings. The number of carbonyl (C=O) groups is 1. The largest absolute Gasteiger partial charge is 0.478 e. The van der Waals surface area contributed by atoms with Gasteiger partial charge in [-0.1, -0.05) is 6.92 Å². The van der Waals surface area contributed by atoms with Crippen molar-refractivity contribution in [3.05, 3.63) is 40.6 Å². The van der Waals surface area contributed by atoms with Crippen LogP contribution in [0.1, 0.15) is 35.6 Å². The lowest BCUT2D eigenvalue weighted by Gasteiger charge is -2.27. The van der Waals surface area contributed by atoms with Gasteiger partial charge in [-0.3, -0.25) is 4.98 Å². The molecular formula is C13H15N3O4S2. The minimum atomic E-state index is -3.92. The summed E-state index contributed by atoms with van der Waals surface area (Å²) >= 11 is 1.35. The Hall–Kier alpha value is -1.84. The molecule has 0 aliphatic carbocycles. The number of hydrogen-bond acceptors (Lipinski definition) is 6. The first kappa shape index (κ1) is 16.5. The Balaban J connectivity index is 2.39. The van der Waals surface area contributed by atoms with Crippen LogP contribution in [0.15, 0.2) is 34.9 Å². The van der Waals surface area contributed by atoms with E-state index in [0.29, 0.717) is 11.4 Å². The third-order valence-electron chi connectivity index (χ3n) is 3.24. The second-order valence-electron chi connectivity index (χ2n) is 4.84. The maximum atomic E-state index is 12.5. The van der Waals surface area contributed by atoms with Crippen LogP contribution in [0.4, 0.5) is 0 Å². The van der Waals surface area contributed by atoms with Gasteiger partial charge in [-0.2, -0.15) is 4.72 Å². The predicted molar refractivity (Wildman–Crippen MR) is 81.3 cm³/mol. The summed E-state index contributed by atoms with van der Waals surface area (Å²) in [4.78, 5) is 18.6. The fourth-order valence-electron chi connectivity index (χ4n) is 1.80. The molecule has 118 valence electrons. The zero-order valence-corrected chi connectivity index (χ0v) is 13.6. The van der Waals surface area contributed by atoms with E-state index in [9.17, 15) is 13.2 Å². The molecule has 2 aromatic heterocycles. The van der Waals surface area contributed by atoms with E-state index in [2.05, 4.69) is 14.7 Å². The van der Waals surface area contributed by atoms with Gasteiger partial charge >= 0.3 is 5.97 Å². The number of thiazole rings is 1. The summed E-state index contributed by atoms with van der Waals surface area (Å²) in [6.07, 6.45) is 4.31. The molecule has 0 saturated carbocycles. The SMILES string of the molecule is CCC(C)(NS(=O)(=O)c1cncc(C(=O)O)c1)c1nccs1. The van der Waals surface area contributed by atoms with Gasteiger partial charge in [0.1, 0.15) is 9.90 Å². The smallest absolute Gasteiger partial charge is 0.337 e. The molecule has 1 atom stereocenters.